The topological polar surface area (TPSA) is 0 Å². The molecule has 1 saturated carbocycles. The quantitative estimate of drug-likeness (QED) is 0.648. The molecule has 0 N–H and O–H groups in total. The molecule has 1 aromatic rings. The van der Waals surface area contributed by atoms with E-state index in [0.29, 0.717) is 11.3 Å². The molecular formula is C15H21Cl. The largest absolute Gasteiger partial charge is 0.117 e. The number of benzene rings is 1. The Bertz CT molecular complexity index is 350. The van der Waals surface area contributed by atoms with Crippen molar-refractivity contribution in [1.82, 2.24) is 0 Å². The summed E-state index contributed by atoms with van der Waals surface area (Å²) in [5, 5.41) is 0.200. The molecule has 2 rings (SSSR count). The van der Waals surface area contributed by atoms with E-state index in [0.717, 1.165) is 0 Å². The summed E-state index contributed by atoms with van der Waals surface area (Å²) >= 11 is 6.52. The van der Waals surface area contributed by atoms with Crippen molar-refractivity contribution in [2.24, 2.45) is 11.3 Å². The van der Waals surface area contributed by atoms with Crippen LogP contribution in [0.4, 0.5) is 0 Å². The Morgan fingerprint density at radius 2 is 1.88 bits per heavy atom. The van der Waals surface area contributed by atoms with Crippen LogP contribution in [-0.4, -0.2) is 0 Å². The summed E-state index contributed by atoms with van der Waals surface area (Å²) in [7, 11) is 0. The second kappa shape index (κ2) is 4.41. The van der Waals surface area contributed by atoms with Crippen LogP contribution in [0.3, 0.4) is 0 Å². The maximum Gasteiger partial charge on any atom is 0.0618 e. The molecule has 0 radical (unpaired) electrons. The van der Waals surface area contributed by atoms with Crippen molar-refractivity contribution in [3.8, 4) is 0 Å². The predicted octanol–water partition coefficient (Wildman–Crippen LogP) is 4.97. The number of hydrogen-bond acceptors (Lipinski definition) is 0. The average molecular weight is 237 g/mol. The second-order valence-electron chi connectivity index (χ2n) is 5.69. The van der Waals surface area contributed by atoms with Crippen molar-refractivity contribution in [2.45, 2.75) is 45.4 Å². The van der Waals surface area contributed by atoms with Crippen LogP contribution >= 0.6 is 11.6 Å². The van der Waals surface area contributed by atoms with Gasteiger partial charge in [-0.25, -0.2) is 0 Å². The van der Waals surface area contributed by atoms with Gasteiger partial charge < -0.3 is 0 Å². The maximum atomic E-state index is 6.52. The van der Waals surface area contributed by atoms with Crippen LogP contribution in [0.1, 0.15) is 50.1 Å². The molecule has 0 saturated heterocycles. The Kier molecular flexibility index (Phi) is 3.30. The van der Waals surface area contributed by atoms with Gasteiger partial charge in [-0.3, -0.25) is 0 Å². The lowest BCUT2D eigenvalue weighted by molar-refractivity contribution is 0.548. The maximum absolute atomic E-state index is 6.52. The standard InChI is InChI=1S/C15H21Cl/c1-4-5-11-6-8-12(9-7-11)14(16)13-10-15(13,2)3/h6-9,13-14H,4-5,10H2,1-3H3. The lowest BCUT2D eigenvalue weighted by Gasteiger charge is -2.12. The van der Waals surface area contributed by atoms with E-state index in [9.17, 15) is 0 Å². The van der Waals surface area contributed by atoms with Crippen LogP contribution in [0, 0.1) is 11.3 Å². The van der Waals surface area contributed by atoms with Crippen LogP contribution in [0.5, 0.6) is 0 Å². The molecule has 0 nitrogen and oxygen atoms in total. The molecule has 1 aromatic carbocycles. The average Bonchev–Trinajstić information content (AvgIpc) is 2.88. The molecule has 0 spiro atoms. The second-order valence-corrected chi connectivity index (χ2v) is 6.16. The predicted molar refractivity (Wildman–Crippen MR) is 70.9 cm³/mol. The van der Waals surface area contributed by atoms with Gasteiger partial charge in [-0.1, -0.05) is 51.5 Å². The molecule has 0 aromatic heterocycles. The van der Waals surface area contributed by atoms with E-state index in [1.807, 2.05) is 0 Å². The Morgan fingerprint density at radius 1 is 1.31 bits per heavy atom. The molecule has 0 bridgehead atoms. The zero-order valence-electron chi connectivity index (χ0n) is 10.5. The Balaban J connectivity index is 2.04. The van der Waals surface area contributed by atoms with Gasteiger partial charge >= 0.3 is 0 Å². The van der Waals surface area contributed by atoms with Crippen LogP contribution in [0.2, 0.25) is 0 Å². The van der Waals surface area contributed by atoms with E-state index >= 15 is 0 Å². The van der Waals surface area contributed by atoms with E-state index in [2.05, 4.69) is 45.0 Å². The summed E-state index contributed by atoms with van der Waals surface area (Å²) in [6, 6.07) is 8.86. The number of hydrogen-bond donors (Lipinski definition) is 0. The van der Waals surface area contributed by atoms with Gasteiger partial charge in [0.05, 0.1) is 5.38 Å². The summed E-state index contributed by atoms with van der Waals surface area (Å²) in [5.41, 5.74) is 3.16. The highest BCUT2D eigenvalue weighted by Gasteiger charge is 2.49. The minimum absolute atomic E-state index is 0.200. The van der Waals surface area contributed by atoms with Crippen LogP contribution < -0.4 is 0 Å². The highest BCUT2D eigenvalue weighted by atomic mass is 35.5. The van der Waals surface area contributed by atoms with Crippen molar-refractivity contribution in [3.05, 3.63) is 35.4 Å². The molecular weight excluding hydrogens is 216 g/mol. The van der Waals surface area contributed by atoms with Gasteiger partial charge in [-0.05, 0) is 35.3 Å². The highest BCUT2D eigenvalue weighted by Crippen LogP contribution is 2.59. The zero-order valence-corrected chi connectivity index (χ0v) is 11.2. The third kappa shape index (κ3) is 2.43. The molecule has 0 amide bonds. The fourth-order valence-corrected chi connectivity index (χ4v) is 2.97. The highest BCUT2D eigenvalue weighted by molar-refractivity contribution is 6.21. The Morgan fingerprint density at radius 3 is 2.31 bits per heavy atom. The third-order valence-electron chi connectivity index (χ3n) is 3.78. The molecule has 1 heteroatoms. The van der Waals surface area contributed by atoms with E-state index in [4.69, 9.17) is 11.6 Å². The summed E-state index contributed by atoms with van der Waals surface area (Å²) in [4.78, 5) is 0. The van der Waals surface area contributed by atoms with Gasteiger partial charge in [0.15, 0.2) is 0 Å². The van der Waals surface area contributed by atoms with Crippen LogP contribution in [-0.2, 0) is 6.42 Å². The molecule has 1 aliphatic carbocycles. The molecule has 1 fully saturated rings. The number of alkyl halides is 1. The zero-order chi connectivity index (χ0) is 11.8. The molecule has 2 unspecified atom stereocenters. The molecule has 0 heterocycles. The Labute approximate surface area is 104 Å². The van der Waals surface area contributed by atoms with E-state index in [-0.39, 0.29) is 5.38 Å². The lowest BCUT2D eigenvalue weighted by Crippen LogP contribution is -1.99. The fraction of sp³-hybridized carbons (Fsp3) is 0.600. The number of halogens is 1. The summed E-state index contributed by atoms with van der Waals surface area (Å²) in [5.74, 6) is 0.659. The smallest absolute Gasteiger partial charge is 0.0618 e. The SMILES string of the molecule is CCCc1ccc(C(Cl)C2CC2(C)C)cc1. The Hall–Kier alpha value is -0.490. The van der Waals surface area contributed by atoms with Crippen molar-refractivity contribution >= 4 is 11.6 Å². The summed E-state index contributed by atoms with van der Waals surface area (Å²) in [6.45, 7) is 6.82. The first-order valence-corrected chi connectivity index (χ1v) is 6.71. The van der Waals surface area contributed by atoms with Gasteiger partial charge in [0, 0.05) is 0 Å². The van der Waals surface area contributed by atoms with Gasteiger partial charge in [-0.2, -0.15) is 0 Å². The summed E-state index contributed by atoms with van der Waals surface area (Å²) in [6.07, 6.45) is 3.64. The first-order chi connectivity index (χ1) is 7.54. The monoisotopic (exact) mass is 236 g/mol. The van der Waals surface area contributed by atoms with E-state index in [1.54, 1.807) is 0 Å². The van der Waals surface area contributed by atoms with Crippen LogP contribution in [0.15, 0.2) is 24.3 Å². The summed E-state index contributed by atoms with van der Waals surface area (Å²) < 4.78 is 0. The van der Waals surface area contributed by atoms with Crippen molar-refractivity contribution < 1.29 is 0 Å². The van der Waals surface area contributed by atoms with Crippen molar-refractivity contribution in [2.75, 3.05) is 0 Å². The number of aryl methyl sites for hydroxylation is 1. The fourth-order valence-electron chi connectivity index (χ4n) is 2.40. The van der Waals surface area contributed by atoms with Crippen molar-refractivity contribution in [1.29, 1.82) is 0 Å². The van der Waals surface area contributed by atoms with Gasteiger partial charge in [0.25, 0.3) is 0 Å². The molecule has 2 atom stereocenters. The third-order valence-corrected chi connectivity index (χ3v) is 4.34. The first-order valence-electron chi connectivity index (χ1n) is 6.27. The van der Waals surface area contributed by atoms with Gasteiger partial charge in [0.1, 0.15) is 0 Å². The lowest BCUT2D eigenvalue weighted by atomic mass is 10.0. The van der Waals surface area contributed by atoms with E-state index in [1.165, 1.54) is 30.4 Å². The first kappa shape index (κ1) is 12.0. The minimum Gasteiger partial charge on any atom is -0.117 e. The molecule has 88 valence electrons. The van der Waals surface area contributed by atoms with Gasteiger partial charge in [-0.15, -0.1) is 11.6 Å². The van der Waals surface area contributed by atoms with E-state index < -0.39 is 0 Å². The molecule has 16 heavy (non-hydrogen) atoms. The molecule has 0 aliphatic heterocycles. The molecule has 1 aliphatic rings. The van der Waals surface area contributed by atoms with Crippen molar-refractivity contribution in [3.63, 3.8) is 0 Å². The van der Waals surface area contributed by atoms with Crippen LogP contribution in [0.25, 0.3) is 0 Å². The number of rotatable bonds is 4. The van der Waals surface area contributed by atoms with Gasteiger partial charge in [0.2, 0.25) is 0 Å². The minimum atomic E-state index is 0.200. The normalized spacial score (nSPS) is 24.1.